The standard InChI is InChI=1S/C43H71NO7/c1-3-5-6-7-8-9-10-11-12-13-14-15-16-17-18-19-20-40(45)48-32-39(34-51-42(47)50-31-35-21-22-44(4-2)30-35)33-49-41(46)29-43-26-36-23-37(27-43)25-38(24-36)28-43/h8-9,11-12,35-39H,3-7,10,13-34H2,1-2H3/b9-8-,12-11-. The monoisotopic (exact) mass is 714 g/mol. The lowest BCUT2D eigenvalue weighted by molar-refractivity contribution is -0.155. The van der Waals surface area contributed by atoms with Gasteiger partial charge < -0.3 is 23.8 Å². The Morgan fingerprint density at radius 1 is 0.706 bits per heavy atom. The van der Waals surface area contributed by atoms with Crippen molar-refractivity contribution >= 4 is 18.1 Å². The van der Waals surface area contributed by atoms with Crippen molar-refractivity contribution in [1.29, 1.82) is 0 Å². The van der Waals surface area contributed by atoms with E-state index in [0.29, 0.717) is 25.4 Å². The molecule has 0 amide bonds. The molecular formula is C43H71NO7. The Hall–Kier alpha value is -2.35. The van der Waals surface area contributed by atoms with E-state index in [1.54, 1.807) is 0 Å². The minimum Gasteiger partial charge on any atom is -0.465 e. The molecule has 51 heavy (non-hydrogen) atoms. The summed E-state index contributed by atoms with van der Waals surface area (Å²) in [6.45, 7) is 7.75. The second-order valence-corrected chi connectivity index (χ2v) is 16.6. The van der Waals surface area contributed by atoms with Gasteiger partial charge in [0.05, 0.1) is 18.9 Å². The van der Waals surface area contributed by atoms with Gasteiger partial charge in [0.2, 0.25) is 0 Å². The van der Waals surface area contributed by atoms with Gasteiger partial charge in [-0.2, -0.15) is 0 Å². The number of carbonyl (C=O) groups excluding carboxylic acids is 3. The van der Waals surface area contributed by atoms with E-state index in [0.717, 1.165) is 95.2 Å². The van der Waals surface area contributed by atoms with Crippen molar-refractivity contribution in [3.8, 4) is 0 Å². The van der Waals surface area contributed by atoms with Gasteiger partial charge in [-0.1, -0.05) is 76.7 Å². The number of likely N-dealkylation sites (tertiary alicyclic amines) is 1. The number of hydrogen-bond donors (Lipinski definition) is 0. The highest BCUT2D eigenvalue weighted by molar-refractivity contribution is 5.70. The fraction of sp³-hybridized carbons (Fsp3) is 0.837. The van der Waals surface area contributed by atoms with Crippen molar-refractivity contribution in [3.05, 3.63) is 24.3 Å². The average molecular weight is 714 g/mol. The lowest BCUT2D eigenvalue weighted by Gasteiger charge is -2.56. The average Bonchev–Trinajstić information content (AvgIpc) is 3.57. The molecule has 5 aliphatic rings. The van der Waals surface area contributed by atoms with Gasteiger partial charge in [-0.3, -0.25) is 9.59 Å². The highest BCUT2D eigenvalue weighted by atomic mass is 16.7. The number of esters is 2. The molecule has 0 aromatic heterocycles. The predicted octanol–water partition coefficient (Wildman–Crippen LogP) is 9.99. The summed E-state index contributed by atoms with van der Waals surface area (Å²) in [5, 5.41) is 0. The van der Waals surface area contributed by atoms with Gasteiger partial charge in [-0.15, -0.1) is 0 Å². The van der Waals surface area contributed by atoms with Crippen LogP contribution in [0.2, 0.25) is 0 Å². The van der Waals surface area contributed by atoms with Crippen molar-refractivity contribution < 1.29 is 33.3 Å². The molecule has 4 bridgehead atoms. The molecule has 4 saturated carbocycles. The van der Waals surface area contributed by atoms with E-state index < -0.39 is 12.1 Å². The van der Waals surface area contributed by atoms with Crippen molar-refractivity contribution in [1.82, 2.24) is 4.90 Å². The largest absolute Gasteiger partial charge is 0.508 e. The molecule has 5 fully saturated rings. The minimum absolute atomic E-state index is 0.0204. The minimum atomic E-state index is -0.720. The summed E-state index contributed by atoms with van der Waals surface area (Å²) in [7, 11) is 0. The van der Waals surface area contributed by atoms with Crippen LogP contribution in [0.3, 0.4) is 0 Å². The second-order valence-electron chi connectivity index (χ2n) is 16.6. The van der Waals surface area contributed by atoms with Gasteiger partial charge in [0.15, 0.2) is 0 Å². The first-order valence-corrected chi connectivity index (χ1v) is 21.0. The molecule has 0 spiro atoms. The summed E-state index contributed by atoms with van der Waals surface area (Å²) in [5.41, 5.74) is 0.101. The maximum atomic E-state index is 13.1. The Morgan fingerprint density at radius 3 is 1.92 bits per heavy atom. The molecule has 0 aromatic rings. The van der Waals surface area contributed by atoms with Crippen molar-refractivity contribution in [3.63, 3.8) is 0 Å². The lowest BCUT2D eigenvalue weighted by Crippen LogP contribution is -2.47. The number of ether oxygens (including phenoxy) is 4. The van der Waals surface area contributed by atoms with Crippen LogP contribution in [0.4, 0.5) is 4.79 Å². The molecule has 1 saturated heterocycles. The fourth-order valence-corrected chi connectivity index (χ4v) is 9.51. The number of unbranched alkanes of at least 4 members (excludes halogenated alkanes) is 9. The third-order valence-electron chi connectivity index (χ3n) is 11.9. The zero-order valence-electron chi connectivity index (χ0n) is 32.3. The summed E-state index contributed by atoms with van der Waals surface area (Å²) >= 11 is 0. The fourth-order valence-electron chi connectivity index (χ4n) is 9.51. The third-order valence-corrected chi connectivity index (χ3v) is 11.9. The predicted molar refractivity (Wildman–Crippen MR) is 202 cm³/mol. The van der Waals surface area contributed by atoms with E-state index in [1.165, 1.54) is 64.2 Å². The maximum Gasteiger partial charge on any atom is 0.508 e. The van der Waals surface area contributed by atoms with Gasteiger partial charge in [-0.25, -0.2) is 4.79 Å². The van der Waals surface area contributed by atoms with Gasteiger partial charge >= 0.3 is 18.1 Å². The normalized spacial score (nSPS) is 26.2. The van der Waals surface area contributed by atoms with E-state index in [2.05, 4.69) is 43.1 Å². The summed E-state index contributed by atoms with van der Waals surface area (Å²) in [4.78, 5) is 40.5. The maximum absolute atomic E-state index is 13.1. The number of carbonyl (C=O) groups is 3. The summed E-state index contributed by atoms with van der Waals surface area (Å²) in [6.07, 6.45) is 31.5. The summed E-state index contributed by atoms with van der Waals surface area (Å²) in [6, 6.07) is 0. The number of allylic oxidation sites excluding steroid dienone is 4. The molecule has 0 radical (unpaired) electrons. The van der Waals surface area contributed by atoms with Crippen molar-refractivity contribution in [2.75, 3.05) is 46.1 Å². The van der Waals surface area contributed by atoms with Gasteiger partial charge in [0.1, 0.15) is 19.8 Å². The first kappa shape index (κ1) is 41.4. The van der Waals surface area contributed by atoms with Crippen LogP contribution in [0.25, 0.3) is 0 Å². The molecule has 290 valence electrons. The first-order valence-electron chi connectivity index (χ1n) is 21.0. The molecule has 0 aromatic carbocycles. The topological polar surface area (TPSA) is 91.4 Å². The SMILES string of the molecule is CCCCC/C=C\C/C=C\CCCCCCCCC(=O)OCC(COC(=O)CC12CC3CC(CC(C3)C1)C2)COC(=O)OCC1CCN(CC)C1. The molecule has 4 aliphatic carbocycles. The first-order chi connectivity index (χ1) is 24.9. The third kappa shape index (κ3) is 16.1. The van der Waals surface area contributed by atoms with Crippen LogP contribution in [-0.2, 0) is 28.5 Å². The number of nitrogens with zero attached hydrogens (tertiary/aromatic N) is 1. The highest BCUT2D eigenvalue weighted by Gasteiger charge is 2.51. The van der Waals surface area contributed by atoms with E-state index in [9.17, 15) is 14.4 Å². The van der Waals surface area contributed by atoms with E-state index >= 15 is 0 Å². The molecule has 0 N–H and O–H groups in total. The Kier molecular flexibility index (Phi) is 19.0. The Labute approximate surface area is 309 Å². The lowest BCUT2D eigenvalue weighted by atomic mass is 9.49. The Balaban J connectivity index is 1.09. The van der Waals surface area contributed by atoms with Crippen LogP contribution in [-0.4, -0.2) is 69.1 Å². The van der Waals surface area contributed by atoms with Crippen LogP contribution < -0.4 is 0 Å². The van der Waals surface area contributed by atoms with E-state index in [-0.39, 0.29) is 37.2 Å². The van der Waals surface area contributed by atoms with Crippen LogP contribution in [0.5, 0.6) is 0 Å². The smallest absolute Gasteiger partial charge is 0.465 e. The van der Waals surface area contributed by atoms with E-state index in [1.807, 2.05) is 0 Å². The zero-order chi connectivity index (χ0) is 36.2. The Bertz CT molecular complexity index is 1050. The zero-order valence-corrected chi connectivity index (χ0v) is 32.3. The number of rotatable bonds is 26. The molecular weight excluding hydrogens is 642 g/mol. The van der Waals surface area contributed by atoms with Gasteiger partial charge in [0.25, 0.3) is 0 Å². The molecule has 1 heterocycles. The van der Waals surface area contributed by atoms with E-state index in [4.69, 9.17) is 18.9 Å². The highest BCUT2D eigenvalue weighted by Crippen LogP contribution is 2.61. The quantitative estimate of drug-likeness (QED) is 0.0379. The molecule has 8 nitrogen and oxygen atoms in total. The molecule has 8 heteroatoms. The van der Waals surface area contributed by atoms with Crippen LogP contribution in [0, 0.1) is 35.0 Å². The van der Waals surface area contributed by atoms with Crippen molar-refractivity contribution in [2.45, 2.75) is 149 Å². The summed E-state index contributed by atoms with van der Waals surface area (Å²) in [5.74, 6) is 1.77. The molecule has 2 atom stereocenters. The summed E-state index contributed by atoms with van der Waals surface area (Å²) < 4.78 is 22.3. The van der Waals surface area contributed by atoms with Crippen LogP contribution >= 0.6 is 0 Å². The van der Waals surface area contributed by atoms with Crippen LogP contribution in [0.1, 0.15) is 149 Å². The number of hydrogen-bond acceptors (Lipinski definition) is 8. The molecule has 2 unspecified atom stereocenters. The van der Waals surface area contributed by atoms with Crippen molar-refractivity contribution in [2.24, 2.45) is 35.0 Å². The van der Waals surface area contributed by atoms with Crippen LogP contribution in [0.15, 0.2) is 24.3 Å². The second kappa shape index (κ2) is 23.3. The molecule has 5 rings (SSSR count). The Morgan fingerprint density at radius 2 is 1.29 bits per heavy atom. The van der Waals surface area contributed by atoms with Gasteiger partial charge in [0, 0.05) is 18.9 Å². The molecule has 1 aliphatic heterocycles. The van der Waals surface area contributed by atoms with Gasteiger partial charge in [-0.05, 0) is 120 Å².